The molecule has 0 saturated heterocycles. The maximum atomic E-state index is 4.79. The molecule has 0 aliphatic heterocycles. The van der Waals surface area contributed by atoms with Crippen LogP contribution in [0.3, 0.4) is 0 Å². The van der Waals surface area contributed by atoms with Gasteiger partial charge in [0.05, 0.1) is 5.69 Å². The summed E-state index contributed by atoms with van der Waals surface area (Å²) < 4.78 is 2.37. The fraction of sp³-hybridized carbons (Fsp3) is 0.690. The largest absolute Gasteiger partial charge is 0.335 e. The molecule has 0 atom stereocenters. The Balaban J connectivity index is 1.43. The van der Waals surface area contributed by atoms with Crippen molar-refractivity contribution in [2.75, 3.05) is 0 Å². The van der Waals surface area contributed by atoms with Gasteiger partial charge in [-0.1, -0.05) is 121 Å². The molecular formula is C29H48N2. The van der Waals surface area contributed by atoms with Gasteiger partial charge in [0.1, 0.15) is 5.82 Å². The van der Waals surface area contributed by atoms with Crippen molar-refractivity contribution in [1.29, 1.82) is 0 Å². The van der Waals surface area contributed by atoms with Crippen LogP contribution in [0.2, 0.25) is 0 Å². The quantitative estimate of drug-likeness (QED) is 0.206. The summed E-state index contributed by atoms with van der Waals surface area (Å²) in [6.07, 6.45) is 25.6. The summed E-state index contributed by atoms with van der Waals surface area (Å²) in [5.41, 5.74) is 2.69. The number of unbranched alkanes of at least 4 members (excludes halogenated alkanes) is 13. The van der Waals surface area contributed by atoms with Crippen molar-refractivity contribution in [3.63, 3.8) is 0 Å². The second-order valence-corrected chi connectivity index (χ2v) is 9.41. The summed E-state index contributed by atoms with van der Waals surface area (Å²) >= 11 is 0. The van der Waals surface area contributed by atoms with E-state index in [1.165, 1.54) is 113 Å². The summed E-state index contributed by atoms with van der Waals surface area (Å²) in [5, 5.41) is 0. The Morgan fingerprint density at radius 2 is 1.19 bits per heavy atom. The van der Waals surface area contributed by atoms with Gasteiger partial charge >= 0.3 is 0 Å². The van der Waals surface area contributed by atoms with Gasteiger partial charge in [-0.05, 0) is 38.2 Å². The monoisotopic (exact) mass is 424 g/mol. The minimum atomic E-state index is 1.08. The van der Waals surface area contributed by atoms with Gasteiger partial charge in [0.2, 0.25) is 0 Å². The summed E-state index contributed by atoms with van der Waals surface area (Å²) in [5.74, 6) is 1.18. The van der Waals surface area contributed by atoms with Crippen molar-refractivity contribution in [1.82, 2.24) is 9.55 Å². The highest BCUT2D eigenvalue weighted by atomic mass is 15.1. The molecule has 0 fully saturated rings. The van der Waals surface area contributed by atoms with Gasteiger partial charge in [-0.2, -0.15) is 0 Å². The Kier molecular flexibility index (Phi) is 14.1. The minimum Gasteiger partial charge on any atom is -0.335 e. The fourth-order valence-electron chi connectivity index (χ4n) is 4.52. The van der Waals surface area contributed by atoms with Crippen molar-refractivity contribution in [3.05, 3.63) is 53.6 Å². The fourth-order valence-corrected chi connectivity index (χ4v) is 4.52. The Labute approximate surface area is 192 Å². The lowest BCUT2D eigenvalue weighted by atomic mass is 10.0. The van der Waals surface area contributed by atoms with E-state index in [-0.39, 0.29) is 0 Å². The van der Waals surface area contributed by atoms with Crippen molar-refractivity contribution < 1.29 is 0 Å². The average Bonchev–Trinajstić information content (AvgIpc) is 3.14. The predicted molar refractivity (Wildman–Crippen MR) is 136 cm³/mol. The molecule has 2 nitrogen and oxygen atoms in total. The van der Waals surface area contributed by atoms with Gasteiger partial charge in [-0.15, -0.1) is 0 Å². The average molecular weight is 425 g/mol. The third kappa shape index (κ3) is 12.1. The molecule has 1 heterocycles. The molecule has 2 heteroatoms. The molecule has 1 aromatic carbocycles. The summed E-state index contributed by atoms with van der Waals surface area (Å²) in [6.45, 7) is 5.59. The summed E-state index contributed by atoms with van der Waals surface area (Å²) in [4.78, 5) is 4.79. The first kappa shape index (κ1) is 25.7. The second-order valence-electron chi connectivity index (χ2n) is 9.41. The van der Waals surface area contributed by atoms with Crippen LogP contribution >= 0.6 is 0 Å². The van der Waals surface area contributed by atoms with Crippen LogP contribution in [-0.4, -0.2) is 9.55 Å². The lowest BCUT2D eigenvalue weighted by Crippen LogP contribution is -1.99. The number of hydrogen-bond acceptors (Lipinski definition) is 1. The number of imidazole rings is 1. The molecule has 0 aliphatic rings. The van der Waals surface area contributed by atoms with E-state index in [9.17, 15) is 0 Å². The maximum Gasteiger partial charge on any atom is 0.105 e. The van der Waals surface area contributed by atoms with Crippen molar-refractivity contribution in [2.24, 2.45) is 0 Å². The molecule has 174 valence electrons. The normalized spacial score (nSPS) is 11.3. The lowest BCUT2D eigenvalue weighted by Gasteiger charge is -2.05. The second kappa shape index (κ2) is 17.0. The molecule has 0 radical (unpaired) electrons. The molecule has 0 unspecified atom stereocenters. The zero-order valence-electron chi connectivity index (χ0n) is 20.6. The van der Waals surface area contributed by atoms with Gasteiger partial charge in [0.15, 0.2) is 0 Å². The molecule has 2 rings (SSSR count). The molecule has 31 heavy (non-hydrogen) atoms. The number of aromatic nitrogens is 2. The Bertz CT molecular complexity index is 659. The van der Waals surface area contributed by atoms with Crippen molar-refractivity contribution in [3.8, 4) is 0 Å². The van der Waals surface area contributed by atoms with Gasteiger partial charge < -0.3 is 4.57 Å². The van der Waals surface area contributed by atoms with Gasteiger partial charge in [-0.3, -0.25) is 0 Å². The molecule has 0 N–H and O–H groups in total. The minimum absolute atomic E-state index is 1.08. The van der Waals surface area contributed by atoms with Crippen LogP contribution in [0.1, 0.15) is 120 Å². The third-order valence-corrected chi connectivity index (χ3v) is 6.52. The number of aryl methyl sites for hydroxylation is 4. The van der Waals surface area contributed by atoms with E-state index in [4.69, 9.17) is 4.98 Å². The van der Waals surface area contributed by atoms with E-state index in [1.54, 1.807) is 0 Å². The molecule has 0 aliphatic carbocycles. The number of rotatable bonds is 19. The van der Waals surface area contributed by atoms with E-state index in [1.807, 2.05) is 0 Å². The Morgan fingerprint density at radius 3 is 1.77 bits per heavy atom. The molecule has 0 spiro atoms. The maximum absolute atomic E-state index is 4.79. The SMILES string of the molecule is CCCCCCCCCCCCCCCCn1cc(CCCc2ccccc2)nc1C. The first-order valence-electron chi connectivity index (χ1n) is 13.4. The highest BCUT2D eigenvalue weighted by Gasteiger charge is 2.04. The first-order valence-corrected chi connectivity index (χ1v) is 13.4. The van der Waals surface area contributed by atoms with Crippen molar-refractivity contribution >= 4 is 0 Å². The van der Waals surface area contributed by atoms with Crippen LogP contribution < -0.4 is 0 Å². The lowest BCUT2D eigenvalue weighted by molar-refractivity contribution is 0.522. The molecule has 0 saturated carbocycles. The van der Waals surface area contributed by atoms with Crippen LogP contribution in [0.25, 0.3) is 0 Å². The Morgan fingerprint density at radius 1 is 0.645 bits per heavy atom. The van der Waals surface area contributed by atoms with Crippen LogP contribution in [0.5, 0.6) is 0 Å². The van der Waals surface area contributed by atoms with Crippen LogP contribution in [0, 0.1) is 6.92 Å². The van der Waals surface area contributed by atoms with E-state index in [0.29, 0.717) is 0 Å². The van der Waals surface area contributed by atoms with Crippen molar-refractivity contribution in [2.45, 2.75) is 130 Å². The first-order chi connectivity index (χ1) is 15.3. The molecule has 1 aromatic heterocycles. The van der Waals surface area contributed by atoms with E-state index in [2.05, 4.69) is 54.9 Å². The predicted octanol–water partition coefficient (Wildman–Crippen LogP) is 8.85. The third-order valence-electron chi connectivity index (χ3n) is 6.52. The smallest absolute Gasteiger partial charge is 0.105 e. The number of nitrogens with zero attached hydrogens (tertiary/aromatic N) is 2. The van der Waals surface area contributed by atoms with Crippen LogP contribution in [-0.2, 0) is 19.4 Å². The highest BCUT2D eigenvalue weighted by Crippen LogP contribution is 2.14. The van der Waals surface area contributed by atoms with Crippen LogP contribution in [0.15, 0.2) is 36.5 Å². The highest BCUT2D eigenvalue weighted by molar-refractivity contribution is 5.15. The van der Waals surface area contributed by atoms with E-state index in [0.717, 1.165) is 19.4 Å². The zero-order valence-corrected chi connectivity index (χ0v) is 20.6. The molecule has 0 bridgehead atoms. The Hall–Kier alpha value is -1.57. The molecule has 2 aromatic rings. The van der Waals surface area contributed by atoms with E-state index < -0.39 is 0 Å². The van der Waals surface area contributed by atoms with Gasteiger partial charge in [0, 0.05) is 12.7 Å². The van der Waals surface area contributed by atoms with Gasteiger partial charge in [-0.25, -0.2) is 4.98 Å². The molecular weight excluding hydrogens is 376 g/mol. The van der Waals surface area contributed by atoms with Gasteiger partial charge in [0.25, 0.3) is 0 Å². The summed E-state index contributed by atoms with van der Waals surface area (Å²) in [6, 6.07) is 10.8. The number of benzene rings is 1. The zero-order chi connectivity index (χ0) is 22.0. The summed E-state index contributed by atoms with van der Waals surface area (Å²) in [7, 11) is 0. The van der Waals surface area contributed by atoms with Crippen LogP contribution in [0.4, 0.5) is 0 Å². The number of hydrogen-bond donors (Lipinski definition) is 0. The standard InChI is InChI=1S/C29H48N2/c1-3-4-5-6-7-8-9-10-11-12-13-14-15-19-25-31-26-29(30-27(31)2)24-20-23-28-21-17-16-18-22-28/h16-18,21-22,26H,3-15,19-20,23-25H2,1-2H3. The molecule has 0 amide bonds. The van der Waals surface area contributed by atoms with E-state index >= 15 is 0 Å². The topological polar surface area (TPSA) is 17.8 Å².